The van der Waals surface area contributed by atoms with E-state index >= 15 is 0 Å². The van der Waals surface area contributed by atoms with Gasteiger partial charge in [0.2, 0.25) is 0 Å². The molecule has 2 aliphatic rings. The van der Waals surface area contributed by atoms with Gasteiger partial charge in [-0.2, -0.15) is 0 Å². The highest BCUT2D eigenvalue weighted by Crippen LogP contribution is 2.43. The van der Waals surface area contributed by atoms with Crippen LogP contribution in [0.15, 0.2) is 12.2 Å². The zero-order valence-corrected chi connectivity index (χ0v) is 5.04. The Labute approximate surface area is 53.5 Å². The quantitative estimate of drug-likeness (QED) is 0.292. The summed E-state index contributed by atoms with van der Waals surface area (Å²) in [5, 5.41) is 0. The molecule has 2 unspecified atom stereocenters. The largest absolute Gasteiger partial charge is 0.357 e. The number of hydrogen-bond acceptors (Lipinski definition) is 2. The molecule has 0 bridgehead atoms. The minimum absolute atomic E-state index is 0.208. The van der Waals surface area contributed by atoms with Crippen molar-refractivity contribution in [3.05, 3.63) is 12.2 Å². The van der Waals surface area contributed by atoms with Crippen molar-refractivity contribution < 1.29 is 9.53 Å². The molecule has 0 radical (unpaired) electrons. The number of aldehydes is 1. The molecular weight excluding hydrogens is 116 g/mol. The van der Waals surface area contributed by atoms with E-state index in [2.05, 4.69) is 6.08 Å². The molecule has 1 aliphatic heterocycles. The lowest BCUT2D eigenvalue weighted by molar-refractivity contribution is -0.112. The van der Waals surface area contributed by atoms with Crippen LogP contribution in [0.2, 0.25) is 0 Å². The van der Waals surface area contributed by atoms with Gasteiger partial charge < -0.3 is 9.53 Å². The molecule has 9 heavy (non-hydrogen) atoms. The standard InChI is InChI=1S/C7H8O2/c8-5-7-4-2-1-3-6(7)9-7/h1-2,5-6H,3-4H2. The Morgan fingerprint density at radius 3 is 3.11 bits per heavy atom. The summed E-state index contributed by atoms with van der Waals surface area (Å²) in [6, 6.07) is 0. The average Bonchev–Trinajstić information content (AvgIpc) is 2.62. The molecule has 0 N–H and O–H groups in total. The molecule has 2 atom stereocenters. The van der Waals surface area contributed by atoms with Gasteiger partial charge in [-0.15, -0.1) is 0 Å². The monoisotopic (exact) mass is 124 g/mol. The lowest BCUT2D eigenvalue weighted by atomic mass is 9.96. The number of epoxide rings is 1. The van der Waals surface area contributed by atoms with E-state index in [1.165, 1.54) is 0 Å². The third kappa shape index (κ3) is 0.566. The molecule has 1 saturated heterocycles. The number of hydrogen-bond donors (Lipinski definition) is 0. The Bertz CT molecular complexity index is 174. The van der Waals surface area contributed by atoms with Gasteiger partial charge in [0.15, 0.2) is 11.9 Å². The molecule has 1 fully saturated rings. The highest BCUT2D eigenvalue weighted by Gasteiger charge is 2.56. The van der Waals surface area contributed by atoms with E-state index in [0.717, 1.165) is 19.1 Å². The fourth-order valence-corrected chi connectivity index (χ4v) is 1.30. The summed E-state index contributed by atoms with van der Waals surface area (Å²) in [6.07, 6.45) is 6.92. The first-order valence-corrected chi connectivity index (χ1v) is 3.16. The maximum absolute atomic E-state index is 10.4. The second kappa shape index (κ2) is 1.45. The van der Waals surface area contributed by atoms with Crippen molar-refractivity contribution >= 4 is 6.29 Å². The van der Waals surface area contributed by atoms with Crippen molar-refractivity contribution in [2.75, 3.05) is 0 Å². The molecule has 0 aromatic carbocycles. The molecule has 0 saturated carbocycles. The Hall–Kier alpha value is -0.630. The van der Waals surface area contributed by atoms with Crippen LogP contribution in [0.3, 0.4) is 0 Å². The lowest BCUT2D eigenvalue weighted by Crippen LogP contribution is -2.17. The Morgan fingerprint density at radius 1 is 1.67 bits per heavy atom. The van der Waals surface area contributed by atoms with Crippen LogP contribution < -0.4 is 0 Å². The molecule has 0 aromatic rings. The van der Waals surface area contributed by atoms with Gasteiger partial charge in [0.25, 0.3) is 0 Å². The number of rotatable bonds is 1. The summed E-state index contributed by atoms with van der Waals surface area (Å²) >= 11 is 0. The van der Waals surface area contributed by atoms with Gasteiger partial charge in [0, 0.05) is 6.42 Å². The van der Waals surface area contributed by atoms with Crippen LogP contribution in [0.5, 0.6) is 0 Å². The maximum atomic E-state index is 10.4. The number of carbonyl (C=O) groups is 1. The van der Waals surface area contributed by atoms with E-state index in [-0.39, 0.29) is 11.7 Å². The molecule has 1 heterocycles. The first kappa shape index (κ1) is 5.18. The van der Waals surface area contributed by atoms with Crippen molar-refractivity contribution in [3.8, 4) is 0 Å². The van der Waals surface area contributed by atoms with Crippen LogP contribution in [0.4, 0.5) is 0 Å². The maximum Gasteiger partial charge on any atom is 0.154 e. The van der Waals surface area contributed by atoms with Gasteiger partial charge in [-0.1, -0.05) is 12.2 Å². The van der Waals surface area contributed by atoms with Gasteiger partial charge in [-0.05, 0) is 6.42 Å². The fraction of sp³-hybridized carbons (Fsp3) is 0.571. The van der Waals surface area contributed by atoms with Crippen LogP contribution in [0.1, 0.15) is 12.8 Å². The Balaban J connectivity index is 2.19. The van der Waals surface area contributed by atoms with Crippen molar-refractivity contribution in [1.29, 1.82) is 0 Å². The third-order valence-electron chi connectivity index (χ3n) is 2.00. The molecule has 2 rings (SSSR count). The van der Waals surface area contributed by atoms with Crippen molar-refractivity contribution in [3.63, 3.8) is 0 Å². The van der Waals surface area contributed by atoms with E-state index in [0.29, 0.717) is 0 Å². The van der Waals surface area contributed by atoms with Gasteiger partial charge in [0.1, 0.15) is 0 Å². The minimum Gasteiger partial charge on any atom is -0.357 e. The van der Waals surface area contributed by atoms with E-state index < -0.39 is 0 Å². The van der Waals surface area contributed by atoms with Gasteiger partial charge in [-0.25, -0.2) is 0 Å². The fourth-order valence-electron chi connectivity index (χ4n) is 1.30. The lowest BCUT2D eigenvalue weighted by Gasteiger charge is -2.02. The summed E-state index contributed by atoms with van der Waals surface area (Å²) < 4.78 is 5.18. The number of fused-ring (bicyclic) bond motifs is 1. The highest BCUT2D eigenvalue weighted by molar-refractivity contribution is 5.68. The van der Waals surface area contributed by atoms with E-state index in [1.54, 1.807) is 0 Å². The van der Waals surface area contributed by atoms with E-state index in [4.69, 9.17) is 4.74 Å². The topological polar surface area (TPSA) is 29.6 Å². The molecule has 2 heteroatoms. The average molecular weight is 124 g/mol. The van der Waals surface area contributed by atoms with Crippen molar-refractivity contribution in [2.24, 2.45) is 0 Å². The molecule has 1 aliphatic carbocycles. The van der Waals surface area contributed by atoms with Gasteiger partial charge >= 0.3 is 0 Å². The zero-order chi connectivity index (χ0) is 6.32. The summed E-state index contributed by atoms with van der Waals surface area (Å²) in [5.41, 5.74) is -0.380. The molecule has 0 amide bonds. The molecular formula is C7H8O2. The summed E-state index contributed by atoms with van der Waals surface area (Å²) in [4.78, 5) is 10.4. The van der Waals surface area contributed by atoms with Crippen LogP contribution >= 0.6 is 0 Å². The van der Waals surface area contributed by atoms with E-state index in [9.17, 15) is 4.79 Å². The van der Waals surface area contributed by atoms with Crippen LogP contribution in [-0.2, 0) is 9.53 Å². The van der Waals surface area contributed by atoms with Gasteiger partial charge in [-0.3, -0.25) is 0 Å². The van der Waals surface area contributed by atoms with E-state index in [1.807, 2.05) is 6.08 Å². The summed E-state index contributed by atoms with van der Waals surface area (Å²) in [7, 11) is 0. The predicted molar refractivity (Wildman–Crippen MR) is 32.0 cm³/mol. The molecule has 2 nitrogen and oxygen atoms in total. The highest BCUT2D eigenvalue weighted by atomic mass is 16.6. The molecule has 0 aromatic heterocycles. The number of ether oxygens (including phenoxy) is 1. The minimum atomic E-state index is -0.380. The second-order valence-electron chi connectivity index (χ2n) is 2.59. The predicted octanol–water partition coefficient (Wildman–Crippen LogP) is 0.673. The van der Waals surface area contributed by atoms with Crippen molar-refractivity contribution in [1.82, 2.24) is 0 Å². The zero-order valence-electron chi connectivity index (χ0n) is 5.04. The third-order valence-corrected chi connectivity index (χ3v) is 2.00. The summed E-state index contributed by atoms with van der Waals surface area (Å²) in [5.74, 6) is 0. The smallest absolute Gasteiger partial charge is 0.154 e. The first-order valence-electron chi connectivity index (χ1n) is 3.16. The normalized spacial score (nSPS) is 46.0. The second-order valence-corrected chi connectivity index (χ2v) is 2.59. The Kier molecular flexibility index (Phi) is 0.833. The van der Waals surface area contributed by atoms with Crippen molar-refractivity contribution in [2.45, 2.75) is 24.5 Å². The Morgan fingerprint density at radius 2 is 2.56 bits per heavy atom. The first-order chi connectivity index (χ1) is 4.37. The van der Waals surface area contributed by atoms with Crippen LogP contribution in [0.25, 0.3) is 0 Å². The SMILES string of the molecule is O=CC12CC=CCC1O2. The molecule has 0 spiro atoms. The van der Waals surface area contributed by atoms with Crippen LogP contribution in [0, 0.1) is 0 Å². The number of carbonyl (C=O) groups excluding carboxylic acids is 1. The van der Waals surface area contributed by atoms with Crippen LogP contribution in [-0.4, -0.2) is 18.0 Å². The molecule has 48 valence electrons. The van der Waals surface area contributed by atoms with Gasteiger partial charge in [0.05, 0.1) is 6.10 Å². The summed E-state index contributed by atoms with van der Waals surface area (Å²) in [6.45, 7) is 0.